The van der Waals surface area contributed by atoms with Crippen LogP contribution in [0.1, 0.15) is 22.8 Å². The number of carbonyl (C=O) groups excluding carboxylic acids is 1. The lowest BCUT2D eigenvalue weighted by atomic mass is 10.1. The maximum atomic E-state index is 11.2. The Morgan fingerprint density at radius 3 is 2.61 bits per heavy atom. The van der Waals surface area contributed by atoms with Crippen LogP contribution in [0.4, 0.5) is 5.82 Å². The molecule has 0 aliphatic carbocycles. The lowest BCUT2D eigenvalue weighted by molar-refractivity contribution is -0.114. The number of benzene rings is 1. The molecule has 0 saturated heterocycles. The lowest BCUT2D eigenvalue weighted by Gasteiger charge is -2.07. The molecule has 0 aliphatic heterocycles. The molecule has 0 spiro atoms. The average Bonchev–Trinajstić information content (AvgIpc) is 2.27. The third-order valence-electron chi connectivity index (χ3n) is 2.50. The summed E-state index contributed by atoms with van der Waals surface area (Å²) in [6.07, 6.45) is 0. The Balaban J connectivity index is 2.70. The first-order chi connectivity index (χ1) is 8.47. The van der Waals surface area contributed by atoms with E-state index in [0.717, 1.165) is 5.56 Å². The van der Waals surface area contributed by atoms with Crippen molar-refractivity contribution in [1.82, 2.24) is 4.98 Å². The van der Waals surface area contributed by atoms with Crippen molar-refractivity contribution in [2.45, 2.75) is 13.8 Å². The monoisotopic (exact) mass is 244 g/mol. The zero-order valence-electron chi connectivity index (χ0n) is 10.0. The molecule has 18 heavy (non-hydrogen) atoms. The van der Waals surface area contributed by atoms with Crippen molar-refractivity contribution in [2.24, 2.45) is 0 Å². The second kappa shape index (κ2) is 4.44. The number of aromatic carboxylic acids is 1. The summed E-state index contributed by atoms with van der Waals surface area (Å²) < 4.78 is 0. The molecule has 0 radical (unpaired) electrons. The highest BCUT2D eigenvalue weighted by Gasteiger charge is 2.12. The lowest BCUT2D eigenvalue weighted by Crippen LogP contribution is -2.09. The SMILES string of the molecule is CC(=O)Nc1cc(C(=O)O)c2cc(C)ccc2n1. The van der Waals surface area contributed by atoms with Gasteiger partial charge < -0.3 is 10.4 Å². The van der Waals surface area contributed by atoms with E-state index in [2.05, 4.69) is 10.3 Å². The van der Waals surface area contributed by atoms with Gasteiger partial charge in [-0.25, -0.2) is 9.78 Å². The summed E-state index contributed by atoms with van der Waals surface area (Å²) >= 11 is 0. The highest BCUT2D eigenvalue weighted by molar-refractivity contribution is 6.04. The summed E-state index contributed by atoms with van der Waals surface area (Å²) in [4.78, 5) is 26.4. The second-order valence-corrected chi connectivity index (χ2v) is 4.06. The van der Waals surface area contributed by atoms with Crippen LogP contribution >= 0.6 is 0 Å². The fourth-order valence-corrected chi connectivity index (χ4v) is 1.76. The topological polar surface area (TPSA) is 79.3 Å². The molecule has 0 fully saturated rings. The van der Waals surface area contributed by atoms with Crippen molar-refractivity contribution in [1.29, 1.82) is 0 Å². The van der Waals surface area contributed by atoms with Gasteiger partial charge in [-0.05, 0) is 25.1 Å². The number of pyridine rings is 1. The van der Waals surface area contributed by atoms with Crippen molar-refractivity contribution in [3.8, 4) is 0 Å². The first-order valence-corrected chi connectivity index (χ1v) is 5.39. The first-order valence-electron chi connectivity index (χ1n) is 5.39. The number of aryl methyl sites for hydroxylation is 1. The van der Waals surface area contributed by atoms with E-state index in [4.69, 9.17) is 0 Å². The smallest absolute Gasteiger partial charge is 0.336 e. The molecule has 2 N–H and O–H groups in total. The third-order valence-corrected chi connectivity index (χ3v) is 2.50. The zero-order chi connectivity index (χ0) is 13.3. The number of anilines is 1. The molecule has 5 heteroatoms. The normalized spacial score (nSPS) is 10.3. The van der Waals surface area contributed by atoms with Crippen LogP contribution in [-0.4, -0.2) is 22.0 Å². The van der Waals surface area contributed by atoms with Gasteiger partial charge in [0.15, 0.2) is 0 Å². The van der Waals surface area contributed by atoms with Gasteiger partial charge in [-0.15, -0.1) is 0 Å². The van der Waals surface area contributed by atoms with Gasteiger partial charge in [0.25, 0.3) is 0 Å². The molecule has 5 nitrogen and oxygen atoms in total. The minimum absolute atomic E-state index is 0.132. The average molecular weight is 244 g/mol. The summed E-state index contributed by atoms with van der Waals surface area (Å²) in [5, 5.41) is 12.3. The number of carboxylic acid groups (broad SMARTS) is 1. The summed E-state index contributed by atoms with van der Waals surface area (Å²) in [7, 11) is 0. The van der Waals surface area contributed by atoms with Gasteiger partial charge in [0.1, 0.15) is 5.82 Å². The maximum absolute atomic E-state index is 11.2. The van der Waals surface area contributed by atoms with Crippen molar-refractivity contribution in [3.63, 3.8) is 0 Å². The van der Waals surface area contributed by atoms with Crippen molar-refractivity contribution in [3.05, 3.63) is 35.4 Å². The number of amides is 1. The summed E-state index contributed by atoms with van der Waals surface area (Å²) in [6, 6.07) is 6.72. The first kappa shape index (κ1) is 12.0. The predicted molar refractivity (Wildman–Crippen MR) is 67.7 cm³/mol. The Bertz CT molecular complexity index is 650. The van der Waals surface area contributed by atoms with Crippen LogP contribution in [0.5, 0.6) is 0 Å². The third kappa shape index (κ3) is 2.29. The number of carboxylic acids is 1. The molecule has 2 rings (SSSR count). The highest BCUT2D eigenvalue weighted by atomic mass is 16.4. The predicted octanol–water partition coefficient (Wildman–Crippen LogP) is 2.20. The van der Waals surface area contributed by atoms with Gasteiger partial charge in [0, 0.05) is 12.3 Å². The molecule has 1 heterocycles. The number of aromatic nitrogens is 1. The van der Waals surface area contributed by atoms with E-state index in [-0.39, 0.29) is 17.3 Å². The van der Waals surface area contributed by atoms with E-state index in [1.165, 1.54) is 13.0 Å². The molecular weight excluding hydrogens is 232 g/mol. The zero-order valence-corrected chi connectivity index (χ0v) is 10.0. The minimum Gasteiger partial charge on any atom is -0.478 e. The fourth-order valence-electron chi connectivity index (χ4n) is 1.76. The van der Waals surface area contributed by atoms with E-state index in [1.807, 2.05) is 13.0 Å². The summed E-state index contributed by atoms with van der Waals surface area (Å²) in [6.45, 7) is 3.23. The Morgan fingerprint density at radius 1 is 1.28 bits per heavy atom. The maximum Gasteiger partial charge on any atom is 0.336 e. The van der Waals surface area contributed by atoms with Gasteiger partial charge >= 0.3 is 5.97 Å². The van der Waals surface area contributed by atoms with Gasteiger partial charge in [-0.3, -0.25) is 4.79 Å². The number of fused-ring (bicyclic) bond motifs is 1. The molecule has 1 aromatic carbocycles. The number of hydrogen-bond acceptors (Lipinski definition) is 3. The molecule has 2 aromatic rings. The van der Waals surface area contributed by atoms with Crippen molar-refractivity contribution >= 4 is 28.6 Å². The van der Waals surface area contributed by atoms with E-state index in [9.17, 15) is 14.7 Å². The van der Waals surface area contributed by atoms with Crippen LogP contribution in [-0.2, 0) is 4.79 Å². The Labute approximate surface area is 103 Å². The van der Waals surface area contributed by atoms with E-state index in [1.54, 1.807) is 12.1 Å². The van der Waals surface area contributed by atoms with E-state index in [0.29, 0.717) is 10.9 Å². The van der Waals surface area contributed by atoms with Crippen molar-refractivity contribution in [2.75, 3.05) is 5.32 Å². The van der Waals surface area contributed by atoms with Crippen LogP contribution in [0.25, 0.3) is 10.9 Å². The molecule has 0 atom stereocenters. The Morgan fingerprint density at radius 2 is 2.00 bits per heavy atom. The molecule has 1 aromatic heterocycles. The quantitative estimate of drug-likeness (QED) is 0.848. The van der Waals surface area contributed by atoms with Crippen LogP contribution in [0.15, 0.2) is 24.3 Å². The van der Waals surface area contributed by atoms with Gasteiger partial charge in [-0.2, -0.15) is 0 Å². The van der Waals surface area contributed by atoms with E-state index < -0.39 is 5.97 Å². The van der Waals surface area contributed by atoms with Crippen LogP contribution in [0.3, 0.4) is 0 Å². The Kier molecular flexibility index (Phi) is 2.97. The largest absolute Gasteiger partial charge is 0.478 e. The molecule has 92 valence electrons. The molecule has 0 unspecified atom stereocenters. The second-order valence-electron chi connectivity index (χ2n) is 4.06. The fraction of sp³-hybridized carbons (Fsp3) is 0.154. The van der Waals surface area contributed by atoms with Crippen molar-refractivity contribution < 1.29 is 14.7 Å². The minimum atomic E-state index is -1.04. The standard InChI is InChI=1S/C13H12N2O3/c1-7-3-4-11-9(5-7)10(13(17)18)6-12(15-11)14-8(2)16/h3-6H,1-2H3,(H,17,18)(H,14,15,16). The number of nitrogens with one attached hydrogen (secondary N) is 1. The Hall–Kier alpha value is -2.43. The number of nitrogens with zero attached hydrogens (tertiary/aromatic N) is 1. The molecule has 1 amide bonds. The van der Waals surface area contributed by atoms with E-state index >= 15 is 0 Å². The molecule has 0 bridgehead atoms. The van der Waals surface area contributed by atoms with Gasteiger partial charge in [0.2, 0.25) is 5.91 Å². The molecule has 0 saturated carbocycles. The summed E-state index contributed by atoms with van der Waals surface area (Å²) in [5.41, 5.74) is 1.63. The molecular formula is C13H12N2O3. The highest BCUT2D eigenvalue weighted by Crippen LogP contribution is 2.22. The number of rotatable bonds is 2. The van der Waals surface area contributed by atoms with Gasteiger partial charge in [-0.1, -0.05) is 11.6 Å². The van der Waals surface area contributed by atoms with Crippen LogP contribution in [0.2, 0.25) is 0 Å². The molecule has 0 aliphatic rings. The number of carbonyl (C=O) groups is 2. The van der Waals surface area contributed by atoms with Crippen LogP contribution in [0, 0.1) is 6.92 Å². The van der Waals surface area contributed by atoms with Gasteiger partial charge in [0.05, 0.1) is 11.1 Å². The number of hydrogen-bond donors (Lipinski definition) is 2. The van der Waals surface area contributed by atoms with Crippen LogP contribution < -0.4 is 5.32 Å². The summed E-state index contributed by atoms with van der Waals surface area (Å²) in [5.74, 6) is -1.08.